The van der Waals surface area contributed by atoms with Crippen LogP contribution in [0.15, 0.2) is 0 Å². The van der Waals surface area contributed by atoms with Crippen LogP contribution in [0, 0.1) is 0 Å². The normalized spacial score (nSPS) is 21.3. The lowest BCUT2D eigenvalue weighted by atomic mass is 10.1. The van der Waals surface area contributed by atoms with E-state index in [1.807, 2.05) is 4.90 Å². The quantitative estimate of drug-likeness (QED) is 0.782. The third kappa shape index (κ3) is 5.50. The second-order valence-corrected chi connectivity index (χ2v) is 4.68. The van der Waals surface area contributed by atoms with Crippen LogP contribution in [0.1, 0.15) is 51.9 Å². The summed E-state index contributed by atoms with van der Waals surface area (Å²) >= 11 is 0. The molecule has 1 heterocycles. The summed E-state index contributed by atoms with van der Waals surface area (Å²) in [6, 6.07) is 0. The van der Waals surface area contributed by atoms with Crippen molar-refractivity contribution in [3.63, 3.8) is 0 Å². The van der Waals surface area contributed by atoms with Gasteiger partial charge in [-0.2, -0.15) is 0 Å². The topological polar surface area (TPSA) is 32.3 Å². The van der Waals surface area contributed by atoms with Crippen LogP contribution in [0.25, 0.3) is 0 Å². The number of nitrogens with one attached hydrogen (secondary N) is 1. The molecule has 0 bridgehead atoms. The van der Waals surface area contributed by atoms with Crippen LogP contribution in [0.5, 0.6) is 0 Å². The Morgan fingerprint density at radius 2 is 1.81 bits per heavy atom. The molecule has 1 aliphatic rings. The fraction of sp³-hybridized carbons (Fsp3) is 0.923. The average Bonchev–Trinajstić information content (AvgIpc) is 2.28. The molecule has 0 aromatic heterocycles. The number of carbonyl (C=O) groups is 1. The molecule has 0 radical (unpaired) electrons. The molecule has 0 spiro atoms. The molecule has 0 saturated carbocycles. The third-order valence-electron chi connectivity index (χ3n) is 3.15. The zero-order chi connectivity index (χ0) is 11.6. The minimum Gasteiger partial charge on any atom is -0.342 e. The van der Waals surface area contributed by atoms with Crippen molar-refractivity contribution in [1.82, 2.24) is 10.2 Å². The second kappa shape index (κ2) is 8.57. The van der Waals surface area contributed by atoms with Crippen molar-refractivity contribution >= 4 is 5.91 Å². The van der Waals surface area contributed by atoms with Gasteiger partial charge in [0.1, 0.15) is 0 Å². The maximum Gasteiger partial charge on any atom is 0.236 e. The van der Waals surface area contributed by atoms with Crippen LogP contribution in [0.3, 0.4) is 0 Å². The van der Waals surface area contributed by atoms with Gasteiger partial charge in [-0.3, -0.25) is 4.79 Å². The number of nitrogens with zero attached hydrogens (tertiary/aromatic N) is 1. The molecule has 1 fully saturated rings. The highest BCUT2D eigenvalue weighted by Gasteiger charge is 2.11. The van der Waals surface area contributed by atoms with E-state index in [1.54, 1.807) is 0 Å². The summed E-state index contributed by atoms with van der Waals surface area (Å²) in [7, 11) is 0. The average molecular weight is 226 g/mol. The van der Waals surface area contributed by atoms with E-state index in [-0.39, 0.29) is 5.91 Å². The Morgan fingerprint density at radius 1 is 1.12 bits per heavy atom. The lowest BCUT2D eigenvalue weighted by Gasteiger charge is -2.23. The van der Waals surface area contributed by atoms with E-state index in [1.165, 1.54) is 38.5 Å². The highest BCUT2D eigenvalue weighted by Crippen LogP contribution is 2.07. The van der Waals surface area contributed by atoms with Crippen molar-refractivity contribution in [1.29, 1.82) is 0 Å². The highest BCUT2D eigenvalue weighted by molar-refractivity contribution is 5.78. The zero-order valence-electron chi connectivity index (χ0n) is 10.6. The summed E-state index contributed by atoms with van der Waals surface area (Å²) in [5, 5.41) is 3.25. The molecule has 3 nitrogen and oxygen atoms in total. The number of amides is 1. The summed E-state index contributed by atoms with van der Waals surface area (Å²) in [4.78, 5) is 13.9. The third-order valence-corrected chi connectivity index (χ3v) is 3.15. The SMILES string of the molecule is CCCN1CCCCCCCCNCC1=O. The van der Waals surface area contributed by atoms with Crippen LogP contribution in [0.2, 0.25) is 0 Å². The monoisotopic (exact) mass is 226 g/mol. The molecule has 0 aromatic carbocycles. The van der Waals surface area contributed by atoms with Crippen LogP contribution in [-0.4, -0.2) is 37.0 Å². The van der Waals surface area contributed by atoms with E-state index in [9.17, 15) is 4.79 Å². The van der Waals surface area contributed by atoms with Crippen molar-refractivity contribution in [3.8, 4) is 0 Å². The van der Waals surface area contributed by atoms with Crippen LogP contribution < -0.4 is 5.32 Å². The maximum absolute atomic E-state index is 11.9. The van der Waals surface area contributed by atoms with Gasteiger partial charge in [-0.1, -0.05) is 32.6 Å². The summed E-state index contributed by atoms with van der Waals surface area (Å²) in [5.74, 6) is 0.280. The van der Waals surface area contributed by atoms with Crippen molar-refractivity contribution in [2.24, 2.45) is 0 Å². The van der Waals surface area contributed by atoms with Gasteiger partial charge < -0.3 is 10.2 Å². The molecule has 94 valence electrons. The zero-order valence-corrected chi connectivity index (χ0v) is 10.6. The molecule has 16 heavy (non-hydrogen) atoms. The van der Waals surface area contributed by atoms with Gasteiger partial charge in [0, 0.05) is 13.1 Å². The fourth-order valence-corrected chi connectivity index (χ4v) is 2.20. The van der Waals surface area contributed by atoms with Gasteiger partial charge in [0.15, 0.2) is 0 Å². The van der Waals surface area contributed by atoms with Gasteiger partial charge in [0.05, 0.1) is 6.54 Å². The van der Waals surface area contributed by atoms with Crippen LogP contribution in [0.4, 0.5) is 0 Å². The lowest BCUT2D eigenvalue weighted by molar-refractivity contribution is -0.130. The number of carbonyl (C=O) groups excluding carboxylic acids is 1. The van der Waals surface area contributed by atoms with Crippen LogP contribution in [-0.2, 0) is 4.79 Å². The first-order chi connectivity index (χ1) is 7.84. The molecular weight excluding hydrogens is 200 g/mol. The van der Waals surface area contributed by atoms with Gasteiger partial charge in [-0.05, 0) is 25.8 Å². The molecule has 0 unspecified atom stereocenters. The first kappa shape index (κ1) is 13.5. The van der Waals surface area contributed by atoms with Gasteiger partial charge in [-0.15, -0.1) is 0 Å². The van der Waals surface area contributed by atoms with Crippen molar-refractivity contribution in [2.45, 2.75) is 51.9 Å². The molecule has 1 saturated heterocycles. The lowest BCUT2D eigenvalue weighted by Crippen LogP contribution is -2.39. The van der Waals surface area contributed by atoms with E-state index >= 15 is 0 Å². The van der Waals surface area contributed by atoms with Crippen molar-refractivity contribution in [3.05, 3.63) is 0 Å². The van der Waals surface area contributed by atoms with E-state index < -0.39 is 0 Å². The summed E-state index contributed by atoms with van der Waals surface area (Å²) in [5.41, 5.74) is 0. The molecular formula is C13H26N2O. The van der Waals surface area contributed by atoms with E-state index in [2.05, 4.69) is 12.2 Å². The minimum atomic E-state index is 0.280. The van der Waals surface area contributed by atoms with Gasteiger partial charge in [0.2, 0.25) is 5.91 Å². The molecule has 1 aliphatic heterocycles. The fourth-order valence-electron chi connectivity index (χ4n) is 2.20. The molecule has 0 atom stereocenters. The molecule has 1 N–H and O–H groups in total. The number of rotatable bonds is 2. The standard InChI is InChI=1S/C13H26N2O/c1-2-10-15-11-8-6-4-3-5-7-9-14-12-13(15)16/h14H,2-12H2,1H3. The Kier molecular flexibility index (Phi) is 7.23. The van der Waals surface area contributed by atoms with Crippen molar-refractivity contribution < 1.29 is 4.79 Å². The Morgan fingerprint density at radius 3 is 2.56 bits per heavy atom. The molecule has 0 aromatic rings. The maximum atomic E-state index is 11.9. The number of hydrogen-bond acceptors (Lipinski definition) is 2. The van der Waals surface area contributed by atoms with E-state index in [0.717, 1.165) is 26.1 Å². The van der Waals surface area contributed by atoms with E-state index in [4.69, 9.17) is 0 Å². The highest BCUT2D eigenvalue weighted by atomic mass is 16.2. The van der Waals surface area contributed by atoms with Gasteiger partial charge in [0.25, 0.3) is 0 Å². The summed E-state index contributed by atoms with van der Waals surface area (Å²) in [6.07, 6.45) is 8.71. The predicted molar refractivity (Wildman–Crippen MR) is 67.4 cm³/mol. The molecule has 1 rings (SSSR count). The second-order valence-electron chi connectivity index (χ2n) is 4.68. The largest absolute Gasteiger partial charge is 0.342 e. The Balaban J connectivity index is 2.36. The van der Waals surface area contributed by atoms with E-state index in [0.29, 0.717) is 6.54 Å². The van der Waals surface area contributed by atoms with Gasteiger partial charge >= 0.3 is 0 Å². The number of hydrogen-bond donors (Lipinski definition) is 1. The minimum absolute atomic E-state index is 0.280. The van der Waals surface area contributed by atoms with Crippen LogP contribution >= 0.6 is 0 Å². The van der Waals surface area contributed by atoms with Crippen molar-refractivity contribution in [2.75, 3.05) is 26.2 Å². The summed E-state index contributed by atoms with van der Waals surface area (Å²) in [6.45, 7) is 5.53. The first-order valence-electron chi connectivity index (χ1n) is 6.83. The van der Waals surface area contributed by atoms with Gasteiger partial charge in [-0.25, -0.2) is 0 Å². The molecule has 0 aliphatic carbocycles. The Hall–Kier alpha value is -0.570. The molecule has 1 amide bonds. The Bertz CT molecular complexity index is 194. The predicted octanol–water partition coefficient (Wildman–Crippen LogP) is 2.17. The smallest absolute Gasteiger partial charge is 0.236 e. The Labute approximate surface area is 99.6 Å². The summed E-state index contributed by atoms with van der Waals surface area (Å²) < 4.78 is 0. The molecule has 3 heteroatoms. The first-order valence-corrected chi connectivity index (χ1v) is 6.83.